The summed E-state index contributed by atoms with van der Waals surface area (Å²) in [6.07, 6.45) is 24.1. The number of carbonyl (C=O) groups is 4. The summed E-state index contributed by atoms with van der Waals surface area (Å²) in [5.41, 5.74) is 0. The maximum atomic E-state index is 12.0. The van der Waals surface area contributed by atoms with E-state index in [2.05, 4.69) is 0 Å². The second kappa shape index (κ2) is 22.2. The molecule has 0 aromatic carbocycles. The number of Topliss-reactive ketones (excluding diaryl/α,β-unsaturated/α-hetero) is 4. The van der Waals surface area contributed by atoms with Crippen LogP contribution in [0.15, 0.2) is 0 Å². The van der Waals surface area contributed by atoms with Crippen molar-refractivity contribution in [3.63, 3.8) is 0 Å². The summed E-state index contributed by atoms with van der Waals surface area (Å²) in [6, 6.07) is 0. The van der Waals surface area contributed by atoms with E-state index in [0.717, 1.165) is 116 Å². The molecule has 0 aliphatic heterocycles. The standard InChI is InChI=1S/C30H52O4/c31-27-19-11-5-1-2-6-12-20-28(32)24-16-10-18-26-30(34)22-14-8-4-3-7-13-21-29(33)25-17-9-15-23-27/h1-26H2. The number of rotatable bonds is 0. The zero-order valence-electron chi connectivity index (χ0n) is 22.0. The lowest BCUT2D eigenvalue weighted by Gasteiger charge is -2.05. The first kappa shape index (κ1) is 30.7. The van der Waals surface area contributed by atoms with E-state index in [1.165, 1.54) is 0 Å². The van der Waals surface area contributed by atoms with Crippen LogP contribution in [0.3, 0.4) is 0 Å². The van der Waals surface area contributed by atoms with Crippen molar-refractivity contribution in [2.75, 3.05) is 0 Å². The minimum atomic E-state index is 0.376. The van der Waals surface area contributed by atoms with Crippen molar-refractivity contribution in [2.24, 2.45) is 0 Å². The van der Waals surface area contributed by atoms with Gasteiger partial charge in [-0.2, -0.15) is 0 Å². The van der Waals surface area contributed by atoms with Gasteiger partial charge in [0.05, 0.1) is 0 Å². The third-order valence-corrected chi connectivity index (χ3v) is 7.14. The smallest absolute Gasteiger partial charge is 0.132 e. The van der Waals surface area contributed by atoms with Crippen molar-refractivity contribution in [2.45, 2.75) is 167 Å². The number of hydrogen-bond acceptors (Lipinski definition) is 4. The van der Waals surface area contributed by atoms with Gasteiger partial charge in [-0.3, -0.25) is 19.2 Å². The summed E-state index contributed by atoms with van der Waals surface area (Å²) in [4.78, 5) is 48.1. The van der Waals surface area contributed by atoms with Crippen molar-refractivity contribution in [3.8, 4) is 0 Å². The second-order valence-corrected chi connectivity index (χ2v) is 10.5. The Bertz CT molecular complexity index is 468. The second-order valence-electron chi connectivity index (χ2n) is 10.5. The first-order valence-electron chi connectivity index (χ1n) is 14.6. The predicted octanol–water partition coefficient (Wildman–Crippen LogP) is 8.42. The molecule has 0 bridgehead atoms. The number of ketones is 4. The fraction of sp³-hybridized carbons (Fsp3) is 0.867. The highest BCUT2D eigenvalue weighted by atomic mass is 16.1. The molecule has 0 aromatic rings. The Balaban J connectivity index is 2.24. The van der Waals surface area contributed by atoms with Gasteiger partial charge in [-0.05, 0) is 51.4 Å². The van der Waals surface area contributed by atoms with Crippen LogP contribution in [-0.2, 0) is 19.2 Å². The van der Waals surface area contributed by atoms with Gasteiger partial charge >= 0.3 is 0 Å². The predicted molar refractivity (Wildman–Crippen MR) is 140 cm³/mol. The molecule has 1 fully saturated rings. The molecule has 0 amide bonds. The van der Waals surface area contributed by atoms with Crippen LogP contribution in [0.4, 0.5) is 0 Å². The lowest BCUT2D eigenvalue weighted by molar-refractivity contribution is -0.120. The summed E-state index contributed by atoms with van der Waals surface area (Å²) in [6.45, 7) is 0. The van der Waals surface area contributed by atoms with Gasteiger partial charge in [0.15, 0.2) is 0 Å². The van der Waals surface area contributed by atoms with E-state index < -0.39 is 0 Å². The Kier molecular flexibility index (Phi) is 20.0. The fourth-order valence-electron chi connectivity index (χ4n) is 4.85. The average molecular weight is 477 g/mol. The first-order valence-corrected chi connectivity index (χ1v) is 14.6. The van der Waals surface area contributed by atoms with Gasteiger partial charge in [-0.1, -0.05) is 64.2 Å². The van der Waals surface area contributed by atoms with E-state index >= 15 is 0 Å². The van der Waals surface area contributed by atoms with Gasteiger partial charge in [-0.15, -0.1) is 0 Å². The molecule has 0 spiro atoms. The minimum absolute atomic E-state index is 0.376. The molecule has 0 N–H and O–H groups in total. The van der Waals surface area contributed by atoms with Crippen LogP contribution in [-0.4, -0.2) is 23.1 Å². The zero-order chi connectivity index (χ0) is 24.7. The topological polar surface area (TPSA) is 68.3 Å². The Morgan fingerprint density at radius 1 is 0.206 bits per heavy atom. The Morgan fingerprint density at radius 3 is 0.500 bits per heavy atom. The molecule has 4 nitrogen and oxygen atoms in total. The lowest BCUT2D eigenvalue weighted by Crippen LogP contribution is -2.00. The van der Waals surface area contributed by atoms with E-state index in [-0.39, 0.29) is 0 Å². The summed E-state index contributed by atoms with van der Waals surface area (Å²) >= 11 is 0. The normalized spacial score (nSPS) is 22.8. The van der Waals surface area contributed by atoms with E-state index in [1.807, 2.05) is 0 Å². The molecule has 0 atom stereocenters. The van der Waals surface area contributed by atoms with Gasteiger partial charge in [0.25, 0.3) is 0 Å². The molecule has 196 valence electrons. The van der Waals surface area contributed by atoms with E-state index in [0.29, 0.717) is 74.5 Å². The SMILES string of the molecule is O=C1CCCCCCCCC(=O)CCCCCC(=O)CCCCCCCCC(=O)CCCCC1. The van der Waals surface area contributed by atoms with Crippen molar-refractivity contribution in [1.29, 1.82) is 0 Å². The van der Waals surface area contributed by atoms with Gasteiger partial charge < -0.3 is 0 Å². The van der Waals surface area contributed by atoms with E-state index in [4.69, 9.17) is 0 Å². The van der Waals surface area contributed by atoms with E-state index in [1.54, 1.807) is 0 Å². The molecule has 1 aliphatic rings. The Hall–Kier alpha value is -1.32. The van der Waals surface area contributed by atoms with Gasteiger partial charge in [0.1, 0.15) is 23.1 Å². The quantitative estimate of drug-likeness (QED) is 0.352. The first-order chi connectivity index (χ1) is 16.6. The van der Waals surface area contributed by atoms with Crippen LogP contribution in [0.2, 0.25) is 0 Å². The largest absolute Gasteiger partial charge is 0.300 e. The molecule has 0 aromatic heterocycles. The Morgan fingerprint density at radius 2 is 0.324 bits per heavy atom. The lowest BCUT2D eigenvalue weighted by atomic mass is 10.0. The number of hydrogen-bond donors (Lipinski definition) is 0. The van der Waals surface area contributed by atoms with Crippen molar-refractivity contribution >= 4 is 23.1 Å². The van der Waals surface area contributed by atoms with Gasteiger partial charge in [0, 0.05) is 51.4 Å². The average Bonchev–Trinajstić information content (AvgIpc) is 2.81. The van der Waals surface area contributed by atoms with Crippen LogP contribution in [0.25, 0.3) is 0 Å². The van der Waals surface area contributed by atoms with Gasteiger partial charge in [-0.25, -0.2) is 0 Å². The fourth-order valence-corrected chi connectivity index (χ4v) is 4.85. The molecular weight excluding hydrogens is 424 g/mol. The molecule has 0 radical (unpaired) electrons. The van der Waals surface area contributed by atoms with Crippen LogP contribution >= 0.6 is 0 Å². The van der Waals surface area contributed by atoms with Crippen molar-refractivity contribution in [1.82, 2.24) is 0 Å². The minimum Gasteiger partial charge on any atom is -0.300 e. The molecule has 1 saturated carbocycles. The molecular formula is C30H52O4. The molecule has 34 heavy (non-hydrogen) atoms. The molecule has 0 saturated heterocycles. The monoisotopic (exact) mass is 476 g/mol. The van der Waals surface area contributed by atoms with Gasteiger partial charge in [0.2, 0.25) is 0 Å². The molecule has 0 heterocycles. The Labute approximate surface area is 209 Å². The number of carbonyl (C=O) groups excluding carboxylic acids is 4. The summed E-state index contributed by atoms with van der Waals surface area (Å²) in [5, 5.41) is 0. The van der Waals surface area contributed by atoms with Crippen molar-refractivity contribution < 1.29 is 19.2 Å². The highest BCUT2D eigenvalue weighted by molar-refractivity contribution is 5.79. The highest BCUT2D eigenvalue weighted by Crippen LogP contribution is 2.15. The molecule has 0 unspecified atom stereocenters. The summed E-state index contributed by atoms with van der Waals surface area (Å²) in [7, 11) is 0. The molecule has 1 aliphatic carbocycles. The van der Waals surface area contributed by atoms with Crippen LogP contribution in [0.1, 0.15) is 167 Å². The van der Waals surface area contributed by atoms with Crippen LogP contribution in [0, 0.1) is 0 Å². The van der Waals surface area contributed by atoms with Crippen LogP contribution < -0.4 is 0 Å². The van der Waals surface area contributed by atoms with E-state index in [9.17, 15) is 19.2 Å². The maximum Gasteiger partial charge on any atom is 0.132 e. The third-order valence-electron chi connectivity index (χ3n) is 7.14. The van der Waals surface area contributed by atoms with Crippen LogP contribution in [0.5, 0.6) is 0 Å². The zero-order valence-corrected chi connectivity index (χ0v) is 22.0. The third kappa shape index (κ3) is 20.1. The summed E-state index contributed by atoms with van der Waals surface area (Å²) in [5.74, 6) is 1.50. The maximum absolute atomic E-state index is 12.0. The molecule has 4 heteroatoms. The highest BCUT2D eigenvalue weighted by Gasteiger charge is 2.07. The van der Waals surface area contributed by atoms with Crippen molar-refractivity contribution in [3.05, 3.63) is 0 Å². The molecule has 1 rings (SSSR count). The summed E-state index contributed by atoms with van der Waals surface area (Å²) < 4.78 is 0.